The lowest BCUT2D eigenvalue weighted by atomic mass is 10.0. The van der Waals surface area contributed by atoms with Crippen LogP contribution in [0.4, 0.5) is 0 Å². The molecule has 1 amide bonds. The average Bonchev–Trinajstić information content (AvgIpc) is 2.52. The van der Waals surface area contributed by atoms with Gasteiger partial charge in [-0.3, -0.25) is 4.79 Å². The molecule has 3 atom stereocenters. The summed E-state index contributed by atoms with van der Waals surface area (Å²) in [5, 5.41) is 10.4. The summed E-state index contributed by atoms with van der Waals surface area (Å²) in [7, 11) is 1.69. The minimum atomic E-state index is -0.722. The molecule has 4 nitrogen and oxygen atoms in total. The topological polar surface area (TPSA) is 66.6 Å². The Labute approximate surface area is 127 Å². The number of nitrogens with two attached hydrogens (primary N) is 1. The summed E-state index contributed by atoms with van der Waals surface area (Å²) in [6.07, 6.45) is 3.43. The molecule has 21 heavy (non-hydrogen) atoms. The standard InChI is InChI=1S/C17H26N2O2/c1-4-5-7-12-15(18)17(21)19(3)13(2)16(20)14-10-8-6-9-11-14/h4,6,8-11,13,15-16,20H,1,5,7,12,18H2,2-3H3/t13-,15?,16+/m1/s1. The SMILES string of the molecule is C=CCCCC(N)C(=O)N(C)[C@H](C)[C@H](O)c1ccccc1. The van der Waals surface area contributed by atoms with Gasteiger partial charge in [0.1, 0.15) is 0 Å². The molecule has 3 N–H and O–H groups in total. The molecule has 116 valence electrons. The lowest BCUT2D eigenvalue weighted by molar-refractivity contribution is -0.135. The van der Waals surface area contributed by atoms with E-state index in [-0.39, 0.29) is 11.9 Å². The third-order valence-electron chi connectivity index (χ3n) is 3.80. The minimum absolute atomic E-state index is 0.137. The molecule has 1 unspecified atom stereocenters. The van der Waals surface area contributed by atoms with Gasteiger partial charge in [-0.25, -0.2) is 0 Å². The molecule has 0 aliphatic heterocycles. The van der Waals surface area contributed by atoms with Gasteiger partial charge in [0.2, 0.25) is 5.91 Å². The number of carbonyl (C=O) groups is 1. The van der Waals surface area contributed by atoms with Gasteiger partial charge in [-0.15, -0.1) is 6.58 Å². The third-order valence-corrected chi connectivity index (χ3v) is 3.80. The normalized spacial score (nSPS) is 15.0. The van der Waals surface area contributed by atoms with Gasteiger partial charge in [-0.2, -0.15) is 0 Å². The summed E-state index contributed by atoms with van der Waals surface area (Å²) >= 11 is 0. The number of hydrogen-bond donors (Lipinski definition) is 2. The quantitative estimate of drug-likeness (QED) is 0.570. The number of benzene rings is 1. The van der Waals surface area contributed by atoms with Crippen molar-refractivity contribution in [2.45, 2.75) is 44.4 Å². The second-order valence-electron chi connectivity index (χ2n) is 5.37. The van der Waals surface area contributed by atoms with Crippen LogP contribution in [0.15, 0.2) is 43.0 Å². The first-order chi connectivity index (χ1) is 9.99. The molecule has 1 aromatic carbocycles. The maximum absolute atomic E-state index is 12.3. The molecule has 1 rings (SSSR count). The van der Waals surface area contributed by atoms with Crippen molar-refractivity contribution in [3.8, 4) is 0 Å². The number of rotatable bonds is 8. The van der Waals surface area contributed by atoms with Crippen LogP contribution < -0.4 is 5.73 Å². The van der Waals surface area contributed by atoms with Gasteiger partial charge in [0.25, 0.3) is 0 Å². The Balaban J connectivity index is 2.62. The Morgan fingerprint density at radius 3 is 2.62 bits per heavy atom. The Hall–Kier alpha value is -1.65. The van der Waals surface area contributed by atoms with E-state index in [0.29, 0.717) is 6.42 Å². The van der Waals surface area contributed by atoms with Gasteiger partial charge in [0.05, 0.1) is 18.2 Å². The van der Waals surface area contributed by atoms with E-state index in [9.17, 15) is 9.90 Å². The van der Waals surface area contributed by atoms with Gasteiger partial charge in [-0.1, -0.05) is 36.4 Å². The Morgan fingerprint density at radius 2 is 2.05 bits per heavy atom. The molecule has 0 fully saturated rings. The van der Waals surface area contributed by atoms with Crippen LogP contribution in [0.2, 0.25) is 0 Å². The Kier molecular flexibility index (Phi) is 7.12. The van der Waals surface area contributed by atoms with E-state index in [2.05, 4.69) is 6.58 Å². The molecule has 4 heteroatoms. The lowest BCUT2D eigenvalue weighted by Crippen LogP contribution is -2.47. The van der Waals surface area contributed by atoms with E-state index < -0.39 is 12.1 Å². The first-order valence-corrected chi connectivity index (χ1v) is 7.35. The second kappa shape index (κ2) is 8.60. The predicted molar refractivity (Wildman–Crippen MR) is 85.7 cm³/mol. The van der Waals surface area contributed by atoms with E-state index in [1.54, 1.807) is 7.05 Å². The van der Waals surface area contributed by atoms with Crippen LogP contribution in [0.25, 0.3) is 0 Å². The number of hydrogen-bond acceptors (Lipinski definition) is 3. The fourth-order valence-electron chi connectivity index (χ4n) is 2.21. The van der Waals surface area contributed by atoms with Gasteiger partial charge < -0.3 is 15.7 Å². The minimum Gasteiger partial charge on any atom is -0.386 e. The number of unbranched alkanes of at least 4 members (excludes halogenated alkanes) is 1. The summed E-state index contributed by atoms with van der Waals surface area (Å²) in [5.74, 6) is -0.137. The fourth-order valence-corrected chi connectivity index (χ4v) is 2.21. The smallest absolute Gasteiger partial charge is 0.239 e. The highest BCUT2D eigenvalue weighted by Crippen LogP contribution is 2.20. The summed E-state index contributed by atoms with van der Waals surface area (Å²) in [6.45, 7) is 5.48. The largest absolute Gasteiger partial charge is 0.386 e. The molecule has 0 aliphatic rings. The first kappa shape index (κ1) is 17.4. The zero-order valence-corrected chi connectivity index (χ0v) is 12.9. The van der Waals surface area contributed by atoms with Crippen molar-refractivity contribution < 1.29 is 9.90 Å². The lowest BCUT2D eigenvalue weighted by Gasteiger charge is -2.31. The zero-order valence-electron chi connectivity index (χ0n) is 12.9. The van der Waals surface area contributed by atoms with Crippen molar-refractivity contribution in [2.75, 3.05) is 7.05 Å². The second-order valence-corrected chi connectivity index (χ2v) is 5.37. The van der Waals surface area contributed by atoms with Crippen molar-refractivity contribution in [3.05, 3.63) is 48.6 Å². The van der Waals surface area contributed by atoms with Crippen LogP contribution in [0, 0.1) is 0 Å². The maximum atomic E-state index is 12.3. The maximum Gasteiger partial charge on any atom is 0.239 e. The van der Waals surface area contributed by atoms with Crippen molar-refractivity contribution in [1.82, 2.24) is 4.90 Å². The van der Waals surface area contributed by atoms with Crippen LogP contribution in [-0.2, 0) is 4.79 Å². The summed E-state index contributed by atoms with van der Waals surface area (Å²) in [5.41, 5.74) is 6.72. The highest BCUT2D eigenvalue weighted by atomic mass is 16.3. The van der Waals surface area contributed by atoms with Crippen LogP contribution in [0.3, 0.4) is 0 Å². The molecule has 0 saturated carbocycles. The fraction of sp³-hybridized carbons (Fsp3) is 0.471. The van der Waals surface area contributed by atoms with Crippen molar-refractivity contribution in [2.24, 2.45) is 5.73 Å². The number of aliphatic hydroxyl groups excluding tert-OH is 1. The summed E-state index contributed by atoms with van der Waals surface area (Å²) in [4.78, 5) is 13.8. The van der Waals surface area contributed by atoms with Crippen LogP contribution in [-0.4, -0.2) is 35.0 Å². The van der Waals surface area contributed by atoms with Crippen molar-refractivity contribution in [3.63, 3.8) is 0 Å². The zero-order chi connectivity index (χ0) is 15.8. The molecular formula is C17H26N2O2. The number of aliphatic hydroxyl groups is 1. The van der Waals surface area contributed by atoms with Crippen LogP contribution in [0.1, 0.15) is 37.9 Å². The Bertz CT molecular complexity index is 447. The van der Waals surface area contributed by atoms with Gasteiger partial charge in [0.15, 0.2) is 0 Å². The van der Waals surface area contributed by atoms with Gasteiger partial charge in [0, 0.05) is 7.05 Å². The molecular weight excluding hydrogens is 264 g/mol. The number of nitrogens with zero attached hydrogens (tertiary/aromatic N) is 1. The van der Waals surface area contributed by atoms with E-state index in [4.69, 9.17) is 5.73 Å². The van der Waals surface area contributed by atoms with Crippen molar-refractivity contribution in [1.29, 1.82) is 0 Å². The molecule has 0 heterocycles. The monoisotopic (exact) mass is 290 g/mol. The highest BCUT2D eigenvalue weighted by molar-refractivity contribution is 5.81. The highest BCUT2D eigenvalue weighted by Gasteiger charge is 2.26. The number of allylic oxidation sites excluding steroid dienone is 1. The van der Waals surface area contributed by atoms with Gasteiger partial charge >= 0.3 is 0 Å². The molecule has 0 spiro atoms. The molecule has 0 aliphatic carbocycles. The molecule has 0 aromatic heterocycles. The van der Waals surface area contributed by atoms with Crippen LogP contribution >= 0.6 is 0 Å². The number of amides is 1. The number of likely N-dealkylation sites (N-methyl/N-ethyl adjacent to an activating group) is 1. The van der Waals surface area contributed by atoms with E-state index in [1.807, 2.05) is 43.3 Å². The molecule has 0 bridgehead atoms. The summed E-state index contributed by atoms with van der Waals surface area (Å²) in [6, 6.07) is 8.48. The van der Waals surface area contributed by atoms with Gasteiger partial charge in [-0.05, 0) is 31.7 Å². The molecule has 0 saturated heterocycles. The van der Waals surface area contributed by atoms with E-state index in [0.717, 1.165) is 18.4 Å². The Morgan fingerprint density at radius 1 is 1.43 bits per heavy atom. The molecule has 0 radical (unpaired) electrons. The average molecular weight is 290 g/mol. The van der Waals surface area contributed by atoms with Crippen LogP contribution in [0.5, 0.6) is 0 Å². The van der Waals surface area contributed by atoms with E-state index >= 15 is 0 Å². The molecule has 1 aromatic rings. The third kappa shape index (κ3) is 4.99. The summed E-state index contributed by atoms with van der Waals surface area (Å²) < 4.78 is 0. The van der Waals surface area contributed by atoms with Crippen molar-refractivity contribution >= 4 is 5.91 Å². The van der Waals surface area contributed by atoms with E-state index in [1.165, 1.54) is 4.90 Å². The first-order valence-electron chi connectivity index (χ1n) is 7.35. The predicted octanol–water partition coefficient (Wildman–Crippen LogP) is 2.25. The number of carbonyl (C=O) groups excluding carboxylic acids is 1.